The summed E-state index contributed by atoms with van der Waals surface area (Å²) in [6.45, 7) is 0. The molecule has 0 bridgehead atoms. The maximum atomic E-state index is 6.34. The van der Waals surface area contributed by atoms with Crippen LogP contribution in [0.3, 0.4) is 0 Å². The molecule has 1 aliphatic carbocycles. The van der Waals surface area contributed by atoms with E-state index in [4.69, 9.17) is 4.42 Å². The van der Waals surface area contributed by atoms with Gasteiger partial charge in [-0.3, -0.25) is 0 Å². The molecule has 1 aliphatic rings. The van der Waals surface area contributed by atoms with Gasteiger partial charge in [0.25, 0.3) is 0 Å². The maximum Gasteiger partial charge on any atom is 0.136 e. The van der Waals surface area contributed by atoms with Crippen molar-refractivity contribution >= 4 is 43.7 Å². The molecule has 1 saturated carbocycles. The number of hydrogen-bond acceptors (Lipinski definition) is 1. The monoisotopic (exact) mass is 353 g/mol. The molecule has 0 unspecified atom stereocenters. The minimum Gasteiger partial charge on any atom is -0.456 e. The van der Waals surface area contributed by atoms with Crippen LogP contribution < -0.4 is 0 Å². The molecule has 0 amide bonds. The van der Waals surface area contributed by atoms with E-state index in [0.717, 1.165) is 11.2 Å². The Kier molecular flexibility index (Phi) is 3.19. The van der Waals surface area contributed by atoms with Gasteiger partial charge in [0.2, 0.25) is 0 Å². The summed E-state index contributed by atoms with van der Waals surface area (Å²) in [5, 5.41) is 5.21. The molecule has 3 aromatic carbocycles. The van der Waals surface area contributed by atoms with Crippen LogP contribution in [0.5, 0.6) is 0 Å². The highest BCUT2D eigenvalue weighted by molar-refractivity contribution is 6.27. The number of hydrogen-bond donors (Lipinski definition) is 0. The first-order valence-electron chi connectivity index (χ1n) is 10.1. The van der Waals surface area contributed by atoms with Crippen molar-refractivity contribution in [1.29, 1.82) is 0 Å². The van der Waals surface area contributed by atoms with Crippen molar-refractivity contribution < 1.29 is 4.42 Å². The van der Waals surface area contributed by atoms with Crippen LogP contribution >= 0.6 is 0 Å². The Hall–Kier alpha value is -2.74. The lowest BCUT2D eigenvalue weighted by molar-refractivity contribution is 0.445. The zero-order chi connectivity index (χ0) is 18.0. The third kappa shape index (κ3) is 2.07. The Morgan fingerprint density at radius 2 is 1.56 bits per heavy atom. The number of aryl methyl sites for hydroxylation is 1. The van der Waals surface area contributed by atoms with Crippen LogP contribution in [0.2, 0.25) is 0 Å². The van der Waals surface area contributed by atoms with E-state index in [1.807, 2.05) is 0 Å². The van der Waals surface area contributed by atoms with Gasteiger partial charge in [-0.15, -0.1) is 0 Å². The van der Waals surface area contributed by atoms with Crippen LogP contribution in [-0.2, 0) is 7.05 Å². The molecule has 0 aliphatic heterocycles. The summed E-state index contributed by atoms with van der Waals surface area (Å²) in [5.74, 6) is 0.641. The van der Waals surface area contributed by atoms with Crippen molar-refractivity contribution in [2.45, 2.75) is 38.0 Å². The standard InChI is InChI=1S/C25H23NO/c1-26-20-13-7-5-11-17(20)24-23-18-12-6-8-14-21(18)27-22(23)15-19(25(24)26)16-9-3-2-4-10-16/h5-8,11-16H,2-4,9-10H2,1H3. The Labute approximate surface area is 158 Å². The normalized spacial score (nSPS) is 16.2. The van der Waals surface area contributed by atoms with E-state index in [1.54, 1.807) is 0 Å². The number of nitrogens with zero attached hydrogens (tertiary/aromatic N) is 1. The zero-order valence-corrected chi connectivity index (χ0v) is 15.7. The molecule has 27 heavy (non-hydrogen) atoms. The topological polar surface area (TPSA) is 18.1 Å². The van der Waals surface area contributed by atoms with E-state index in [1.165, 1.54) is 70.2 Å². The largest absolute Gasteiger partial charge is 0.456 e. The summed E-state index contributed by atoms with van der Waals surface area (Å²) in [6.07, 6.45) is 6.65. The van der Waals surface area contributed by atoms with Gasteiger partial charge < -0.3 is 8.98 Å². The van der Waals surface area contributed by atoms with Crippen molar-refractivity contribution in [3.63, 3.8) is 0 Å². The third-order valence-electron chi connectivity index (χ3n) is 6.58. The van der Waals surface area contributed by atoms with E-state index in [9.17, 15) is 0 Å². The predicted octanol–water partition coefficient (Wildman–Crippen LogP) is 7.28. The lowest BCUT2D eigenvalue weighted by Gasteiger charge is -2.23. The molecule has 2 heterocycles. The lowest BCUT2D eigenvalue weighted by atomic mass is 9.82. The quantitative estimate of drug-likeness (QED) is 0.310. The minimum atomic E-state index is 0.641. The van der Waals surface area contributed by atoms with Crippen LogP contribution in [0.4, 0.5) is 0 Å². The Morgan fingerprint density at radius 1 is 0.815 bits per heavy atom. The first kappa shape index (κ1) is 15.3. The number of fused-ring (bicyclic) bond motifs is 7. The van der Waals surface area contributed by atoms with Crippen LogP contribution in [0.1, 0.15) is 43.6 Å². The molecule has 1 fully saturated rings. The summed E-state index contributed by atoms with van der Waals surface area (Å²) in [7, 11) is 2.23. The molecule has 0 radical (unpaired) electrons. The maximum absolute atomic E-state index is 6.34. The highest BCUT2D eigenvalue weighted by atomic mass is 16.3. The smallest absolute Gasteiger partial charge is 0.136 e. The van der Waals surface area contributed by atoms with Gasteiger partial charge in [-0.05, 0) is 42.5 Å². The number of para-hydroxylation sites is 2. The van der Waals surface area contributed by atoms with E-state index >= 15 is 0 Å². The Balaban J connectivity index is 1.86. The van der Waals surface area contributed by atoms with Crippen LogP contribution in [0.15, 0.2) is 59.0 Å². The van der Waals surface area contributed by atoms with Crippen LogP contribution in [0.25, 0.3) is 43.7 Å². The summed E-state index contributed by atoms with van der Waals surface area (Å²) in [4.78, 5) is 0. The summed E-state index contributed by atoms with van der Waals surface area (Å²) >= 11 is 0. The molecule has 2 heteroatoms. The van der Waals surface area contributed by atoms with Crippen molar-refractivity contribution in [3.05, 3.63) is 60.2 Å². The van der Waals surface area contributed by atoms with E-state index in [2.05, 4.69) is 66.2 Å². The molecule has 0 atom stereocenters. The van der Waals surface area contributed by atoms with Crippen LogP contribution in [-0.4, -0.2) is 4.57 Å². The van der Waals surface area contributed by atoms with E-state index < -0.39 is 0 Å². The Morgan fingerprint density at radius 3 is 2.41 bits per heavy atom. The molecule has 2 nitrogen and oxygen atoms in total. The van der Waals surface area contributed by atoms with Gasteiger partial charge >= 0.3 is 0 Å². The van der Waals surface area contributed by atoms with Crippen molar-refractivity contribution in [2.24, 2.45) is 7.05 Å². The summed E-state index contributed by atoms with van der Waals surface area (Å²) in [5.41, 5.74) is 6.22. The first-order valence-corrected chi connectivity index (χ1v) is 10.1. The number of benzene rings is 3. The zero-order valence-electron chi connectivity index (χ0n) is 15.7. The molecule has 0 saturated heterocycles. The van der Waals surface area contributed by atoms with Crippen molar-refractivity contribution in [3.8, 4) is 0 Å². The fourth-order valence-electron chi connectivity index (χ4n) is 5.34. The van der Waals surface area contributed by atoms with Crippen molar-refractivity contribution in [1.82, 2.24) is 4.57 Å². The molecule has 0 N–H and O–H groups in total. The third-order valence-corrected chi connectivity index (χ3v) is 6.58. The van der Waals surface area contributed by atoms with Gasteiger partial charge in [0.1, 0.15) is 11.2 Å². The van der Waals surface area contributed by atoms with E-state index in [0.29, 0.717) is 5.92 Å². The van der Waals surface area contributed by atoms with Gasteiger partial charge in [0.15, 0.2) is 0 Å². The van der Waals surface area contributed by atoms with Gasteiger partial charge in [-0.25, -0.2) is 0 Å². The molecular formula is C25H23NO. The second-order valence-corrected chi connectivity index (χ2v) is 8.07. The summed E-state index contributed by atoms with van der Waals surface area (Å²) < 4.78 is 8.75. The molecular weight excluding hydrogens is 330 g/mol. The SMILES string of the molecule is Cn1c2ccccc2c2c3c(cc(C4CCCCC4)c21)oc1ccccc13. The van der Waals surface area contributed by atoms with Gasteiger partial charge in [0, 0.05) is 34.1 Å². The number of aromatic nitrogens is 1. The number of furan rings is 1. The Bertz CT molecular complexity index is 1310. The van der Waals surface area contributed by atoms with Gasteiger partial charge in [-0.2, -0.15) is 0 Å². The summed E-state index contributed by atoms with van der Waals surface area (Å²) in [6, 6.07) is 19.6. The molecule has 5 aromatic rings. The lowest BCUT2D eigenvalue weighted by Crippen LogP contribution is -2.06. The second kappa shape index (κ2) is 5.63. The number of rotatable bonds is 1. The van der Waals surface area contributed by atoms with Crippen LogP contribution in [0, 0.1) is 0 Å². The van der Waals surface area contributed by atoms with Gasteiger partial charge in [-0.1, -0.05) is 55.7 Å². The van der Waals surface area contributed by atoms with E-state index in [-0.39, 0.29) is 0 Å². The second-order valence-electron chi connectivity index (χ2n) is 8.07. The molecule has 0 spiro atoms. The predicted molar refractivity (Wildman–Crippen MR) is 114 cm³/mol. The fraction of sp³-hybridized carbons (Fsp3) is 0.280. The minimum absolute atomic E-state index is 0.641. The first-order chi connectivity index (χ1) is 13.3. The van der Waals surface area contributed by atoms with Gasteiger partial charge in [0.05, 0.1) is 5.52 Å². The highest BCUT2D eigenvalue weighted by Crippen LogP contribution is 2.45. The molecule has 2 aromatic heterocycles. The average molecular weight is 353 g/mol. The molecule has 134 valence electrons. The highest BCUT2D eigenvalue weighted by Gasteiger charge is 2.24. The molecule has 6 rings (SSSR count). The fourth-order valence-corrected chi connectivity index (χ4v) is 5.34. The van der Waals surface area contributed by atoms with Crippen molar-refractivity contribution in [2.75, 3.05) is 0 Å². The average Bonchev–Trinajstić information content (AvgIpc) is 3.24.